The van der Waals surface area contributed by atoms with Crippen molar-refractivity contribution >= 4 is 5.91 Å². The van der Waals surface area contributed by atoms with Gasteiger partial charge in [-0.2, -0.15) is 0 Å². The molecule has 460 valence electrons. The van der Waals surface area contributed by atoms with Crippen LogP contribution in [0.4, 0.5) is 0 Å². The number of carbonyl (C=O) groups is 1. The molecule has 0 aromatic rings. The highest BCUT2D eigenvalue weighted by atomic mass is 16.7. The number of aliphatic hydroxyl groups excluding tert-OH is 7. The monoisotopic (exact) mass is 1110 g/mol. The van der Waals surface area contributed by atoms with Gasteiger partial charge in [0.05, 0.1) is 25.4 Å². The zero-order chi connectivity index (χ0) is 56.8. The van der Waals surface area contributed by atoms with Gasteiger partial charge in [0.2, 0.25) is 5.91 Å². The third-order valence-electron chi connectivity index (χ3n) is 16.2. The van der Waals surface area contributed by atoms with Gasteiger partial charge in [0.25, 0.3) is 0 Å². The molecule has 1 rings (SSSR count). The first kappa shape index (κ1) is 74.3. The Bertz CT molecular complexity index is 1360. The number of allylic oxidation sites excluding steroid dienone is 6. The molecule has 78 heavy (non-hydrogen) atoms. The minimum atomic E-state index is -1.67. The van der Waals surface area contributed by atoms with Crippen LogP contribution in [0, 0.1) is 0 Å². The van der Waals surface area contributed by atoms with Gasteiger partial charge in [0.15, 0.2) is 6.29 Å². The van der Waals surface area contributed by atoms with Crippen LogP contribution in [0.3, 0.4) is 0 Å². The SMILES string of the molecule is CCCCCCCCCCCC/C=C/CC/C=C/CC/C=C/CCCC(O)C(O)C(COC1OC(CO)C(O)C(O)C1O)NC(=O)C(O)CCCCCCCCCCCCCCCCCCCCCCCCCCCCCC. The first-order valence-corrected chi connectivity index (χ1v) is 33.4. The number of unbranched alkanes of at least 4 members (excludes halogenated alkanes) is 40. The number of ether oxygens (including phenoxy) is 2. The van der Waals surface area contributed by atoms with E-state index >= 15 is 0 Å². The van der Waals surface area contributed by atoms with Gasteiger partial charge in [-0.25, -0.2) is 0 Å². The smallest absolute Gasteiger partial charge is 0.249 e. The van der Waals surface area contributed by atoms with Gasteiger partial charge in [-0.3, -0.25) is 4.79 Å². The maximum absolute atomic E-state index is 13.2. The molecule has 11 nitrogen and oxygen atoms in total. The van der Waals surface area contributed by atoms with Crippen LogP contribution >= 0.6 is 0 Å². The molecule has 0 saturated carbocycles. The van der Waals surface area contributed by atoms with Gasteiger partial charge in [-0.1, -0.05) is 288 Å². The molecule has 1 saturated heterocycles. The molecular weight excluding hydrogens is 979 g/mol. The van der Waals surface area contributed by atoms with Crippen molar-refractivity contribution in [3.63, 3.8) is 0 Å². The highest BCUT2D eigenvalue weighted by Gasteiger charge is 2.44. The Kier molecular flexibility index (Phi) is 53.2. The van der Waals surface area contributed by atoms with Crippen molar-refractivity contribution in [3.8, 4) is 0 Å². The lowest BCUT2D eigenvalue weighted by molar-refractivity contribution is -0.303. The van der Waals surface area contributed by atoms with E-state index < -0.39 is 74.2 Å². The molecule has 11 heteroatoms. The minimum Gasteiger partial charge on any atom is -0.394 e. The maximum Gasteiger partial charge on any atom is 0.249 e. The zero-order valence-corrected chi connectivity index (χ0v) is 50.7. The van der Waals surface area contributed by atoms with Crippen molar-refractivity contribution in [2.45, 2.75) is 371 Å². The third kappa shape index (κ3) is 43.1. The van der Waals surface area contributed by atoms with Gasteiger partial charge >= 0.3 is 0 Å². The number of aliphatic hydroxyl groups is 7. The fraction of sp³-hybridized carbons (Fsp3) is 0.896. The Morgan fingerprint density at radius 2 is 0.769 bits per heavy atom. The molecule has 0 aromatic heterocycles. The summed E-state index contributed by atoms with van der Waals surface area (Å²) in [5.41, 5.74) is 0. The highest BCUT2D eigenvalue weighted by molar-refractivity contribution is 5.80. The van der Waals surface area contributed by atoms with Gasteiger partial charge in [0.1, 0.15) is 36.6 Å². The Morgan fingerprint density at radius 3 is 1.14 bits per heavy atom. The molecule has 1 fully saturated rings. The van der Waals surface area contributed by atoms with E-state index in [0.717, 1.165) is 44.9 Å². The second kappa shape index (κ2) is 55.8. The van der Waals surface area contributed by atoms with Gasteiger partial charge in [-0.05, 0) is 64.2 Å². The Hall–Kier alpha value is -1.67. The molecule has 1 amide bonds. The van der Waals surface area contributed by atoms with Crippen LogP contribution < -0.4 is 5.32 Å². The summed E-state index contributed by atoms with van der Waals surface area (Å²) in [5, 5.41) is 76.4. The van der Waals surface area contributed by atoms with E-state index in [9.17, 15) is 40.5 Å². The summed E-state index contributed by atoms with van der Waals surface area (Å²) in [6, 6.07) is -1.19. The summed E-state index contributed by atoms with van der Waals surface area (Å²) in [4.78, 5) is 13.2. The second-order valence-corrected chi connectivity index (χ2v) is 23.5. The Balaban J connectivity index is 2.25. The largest absolute Gasteiger partial charge is 0.394 e. The molecule has 9 atom stereocenters. The average Bonchev–Trinajstić information content (AvgIpc) is 3.46. The van der Waals surface area contributed by atoms with Crippen LogP contribution in [-0.2, 0) is 14.3 Å². The first-order valence-electron chi connectivity index (χ1n) is 33.4. The summed E-state index contributed by atoms with van der Waals surface area (Å²) >= 11 is 0. The average molecular weight is 1110 g/mol. The lowest BCUT2D eigenvalue weighted by Gasteiger charge is -2.40. The minimum absolute atomic E-state index is 0.243. The number of amides is 1. The Morgan fingerprint density at radius 1 is 0.436 bits per heavy atom. The Labute approximate surface area is 479 Å². The summed E-state index contributed by atoms with van der Waals surface area (Å²) in [6.45, 7) is 3.48. The molecule has 8 N–H and O–H groups in total. The van der Waals surface area contributed by atoms with Crippen molar-refractivity contribution in [2.75, 3.05) is 13.2 Å². The highest BCUT2D eigenvalue weighted by Crippen LogP contribution is 2.24. The van der Waals surface area contributed by atoms with Crippen molar-refractivity contribution < 1.29 is 50.0 Å². The molecule has 1 aliphatic rings. The summed E-state index contributed by atoms with van der Waals surface area (Å²) in [6.07, 6.45) is 59.4. The normalized spacial score (nSPS) is 19.6. The molecule has 0 aromatic carbocycles. The fourth-order valence-corrected chi connectivity index (χ4v) is 10.8. The quantitative estimate of drug-likeness (QED) is 0.0215. The standard InChI is InChI=1S/C67H127NO10/c1-3-5-7-9-11-13-15-17-19-21-23-25-27-28-29-30-31-33-35-37-39-41-43-45-47-49-51-53-55-60(71)66(76)68-58(57-77-67-65(75)64(74)63(73)61(56-69)78-67)62(72)59(70)54-52-50-48-46-44-42-40-38-36-34-32-26-24-22-20-18-16-14-12-10-8-6-4-2/h26,32,38,40,46,48,58-65,67,69-75H,3-25,27-31,33-37,39,41-45,47,49-57H2,1-2H3,(H,68,76)/b32-26+,40-38+,48-46+. The molecular formula is C67H127NO10. The van der Waals surface area contributed by atoms with Gasteiger partial charge in [-0.15, -0.1) is 0 Å². The van der Waals surface area contributed by atoms with Crippen LogP contribution in [0.5, 0.6) is 0 Å². The van der Waals surface area contributed by atoms with E-state index in [-0.39, 0.29) is 12.8 Å². The first-order chi connectivity index (χ1) is 38.2. The topological polar surface area (TPSA) is 189 Å². The van der Waals surface area contributed by atoms with Gasteiger partial charge < -0.3 is 50.5 Å². The second-order valence-electron chi connectivity index (χ2n) is 23.5. The van der Waals surface area contributed by atoms with E-state index in [4.69, 9.17) is 9.47 Å². The van der Waals surface area contributed by atoms with Crippen molar-refractivity contribution in [3.05, 3.63) is 36.5 Å². The molecule has 1 aliphatic heterocycles. The number of hydrogen-bond donors (Lipinski definition) is 8. The van der Waals surface area contributed by atoms with Gasteiger partial charge in [0, 0.05) is 0 Å². The lowest BCUT2D eigenvalue weighted by atomic mass is 9.98. The van der Waals surface area contributed by atoms with Crippen molar-refractivity contribution in [1.29, 1.82) is 0 Å². The molecule has 0 bridgehead atoms. The number of hydrogen-bond acceptors (Lipinski definition) is 10. The summed E-state index contributed by atoms with van der Waals surface area (Å²) < 4.78 is 11.2. The summed E-state index contributed by atoms with van der Waals surface area (Å²) in [7, 11) is 0. The number of rotatable bonds is 58. The summed E-state index contributed by atoms with van der Waals surface area (Å²) in [5.74, 6) is -0.707. The fourth-order valence-electron chi connectivity index (χ4n) is 10.8. The molecule has 9 unspecified atom stereocenters. The van der Waals surface area contributed by atoms with E-state index in [1.165, 1.54) is 225 Å². The molecule has 0 radical (unpaired) electrons. The van der Waals surface area contributed by atoms with Crippen LogP contribution in [0.15, 0.2) is 36.5 Å². The van der Waals surface area contributed by atoms with Crippen LogP contribution in [0.2, 0.25) is 0 Å². The molecule has 0 aliphatic carbocycles. The van der Waals surface area contributed by atoms with E-state index in [1.54, 1.807) is 0 Å². The predicted molar refractivity (Wildman–Crippen MR) is 325 cm³/mol. The lowest BCUT2D eigenvalue weighted by Crippen LogP contribution is -2.60. The zero-order valence-electron chi connectivity index (χ0n) is 50.7. The molecule has 1 heterocycles. The van der Waals surface area contributed by atoms with Crippen LogP contribution in [-0.4, -0.2) is 110 Å². The van der Waals surface area contributed by atoms with Crippen LogP contribution in [0.1, 0.15) is 316 Å². The van der Waals surface area contributed by atoms with Crippen molar-refractivity contribution in [1.82, 2.24) is 5.32 Å². The number of carbonyl (C=O) groups excluding carboxylic acids is 1. The van der Waals surface area contributed by atoms with Crippen molar-refractivity contribution in [2.24, 2.45) is 0 Å². The number of nitrogens with one attached hydrogen (secondary N) is 1. The van der Waals surface area contributed by atoms with E-state index in [1.807, 2.05) is 0 Å². The third-order valence-corrected chi connectivity index (χ3v) is 16.2. The van der Waals surface area contributed by atoms with E-state index in [0.29, 0.717) is 19.3 Å². The maximum atomic E-state index is 13.2. The predicted octanol–water partition coefficient (Wildman–Crippen LogP) is 15.4. The molecule has 0 spiro atoms. The van der Waals surface area contributed by atoms with E-state index in [2.05, 4.69) is 55.6 Å². The van der Waals surface area contributed by atoms with Crippen LogP contribution in [0.25, 0.3) is 0 Å².